The molecule has 0 spiro atoms. The minimum Gasteiger partial charge on any atom is -0.367 e. The summed E-state index contributed by atoms with van der Waals surface area (Å²) in [6, 6.07) is 12.5. The Balaban J connectivity index is 1.51. The van der Waals surface area contributed by atoms with Crippen LogP contribution in [0.15, 0.2) is 47.5 Å². The molecule has 2 aromatic rings. The number of carbonyl (C=O) groups is 1. The Hall–Kier alpha value is -2.73. The van der Waals surface area contributed by atoms with Crippen LogP contribution in [0.2, 0.25) is 0 Å². The van der Waals surface area contributed by atoms with Gasteiger partial charge in [-0.25, -0.2) is 4.39 Å². The summed E-state index contributed by atoms with van der Waals surface area (Å²) >= 11 is 0. The number of para-hydroxylation sites is 1. The van der Waals surface area contributed by atoms with E-state index in [0.717, 1.165) is 37.4 Å². The molecule has 1 unspecified atom stereocenters. The lowest BCUT2D eigenvalue weighted by Crippen LogP contribution is -2.44. The number of aliphatic imine (C=N–C) groups is 1. The molecule has 1 fully saturated rings. The number of rotatable bonds is 3. The van der Waals surface area contributed by atoms with Crippen molar-refractivity contribution >= 4 is 29.2 Å². The monoisotopic (exact) mass is 352 g/mol. The number of benzene rings is 2. The van der Waals surface area contributed by atoms with Gasteiger partial charge in [-0.05, 0) is 30.8 Å². The highest BCUT2D eigenvalue weighted by molar-refractivity contribution is 6.12. The van der Waals surface area contributed by atoms with E-state index in [4.69, 9.17) is 0 Å². The van der Waals surface area contributed by atoms with Crippen molar-refractivity contribution in [1.29, 1.82) is 0 Å². The Bertz CT molecular complexity index is 859. The maximum atomic E-state index is 14.5. The van der Waals surface area contributed by atoms with E-state index in [9.17, 15) is 9.18 Å². The first kappa shape index (κ1) is 16.7. The molecule has 6 heteroatoms. The van der Waals surface area contributed by atoms with Crippen LogP contribution in [0.4, 0.5) is 21.5 Å². The van der Waals surface area contributed by atoms with Crippen LogP contribution in [0.5, 0.6) is 0 Å². The molecule has 0 aliphatic carbocycles. The molecule has 2 aliphatic heterocycles. The van der Waals surface area contributed by atoms with Gasteiger partial charge in [0.15, 0.2) is 0 Å². The fraction of sp³-hybridized carbons (Fsp3) is 0.300. The summed E-state index contributed by atoms with van der Waals surface area (Å²) < 4.78 is 14.5. The molecular formula is C20H21FN4O. The maximum absolute atomic E-state index is 14.5. The number of piperazine rings is 1. The second kappa shape index (κ2) is 6.88. The average Bonchev–Trinajstić information content (AvgIpc) is 2.96. The summed E-state index contributed by atoms with van der Waals surface area (Å²) in [7, 11) is 2.07. The van der Waals surface area contributed by atoms with Crippen LogP contribution in [0.3, 0.4) is 0 Å². The van der Waals surface area contributed by atoms with Crippen LogP contribution >= 0.6 is 0 Å². The third-order valence-electron chi connectivity index (χ3n) is 4.98. The first-order chi connectivity index (χ1) is 12.6. The molecule has 1 saturated heterocycles. The van der Waals surface area contributed by atoms with Gasteiger partial charge in [0.25, 0.3) is 0 Å². The van der Waals surface area contributed by atoms with Crippen LogP contribution in [-0.4, -0.2) is 50.2 Å². The molecule has 1 N–H and O–H groups in total. The number of hydrogen-bond acceptors (Lipinski definition) is 4. The minimum absolute atomic E-state index is 0.107. The predicted molar refractivity (Wildman–Crippen MR) is 102 cm³/mol. The Morgan fingerprint density at radius 2 is 1.92 bits per heavy atom. The number of nitrogens with zero attached hydrogens (tertiary/aromatic N) is 3. The van der Waals surface area contributed by atoms with E-state index >= 15 is 0 Å². The van der Waals surface area contributed by atoms with E-state index < -0.39 is 5.92 Å². The molecule has 5 nitrogen and oxygen atoms in total. The number of nitrogens with one attached hydrogen (secondary N) is 1. The highest BCUT2D eigenvalue weighted by Crippen LogP contribution is 2.32. The summed E-state index contributed by atoms with van der Waals surface area (Å²) in [4.78, 5) is 20.8. The number of carbonyl (C=O) groups excluding carboxylic acids is 1. The van der Waals surface area contributed by atoms with Gasteiger partial charge in [-0.15, -0.1) is 0 Å². The Morgan fingerprint density at radius 3 is 2.69 bits per heavy atom. The summed E-state index contributed by atoms with van der Waals surface area (Å²) in [5.41, 5.74) is 2.83. The summed E-state index contributed by atoms with van der Waals surface area (Å²) in [6.07, 6.45) is 1.59. The maximum Gasteiger partial charge on any atom is 0.237 e. The SMILES string of the molecule is CN1CCN(c2ccc(N=CC3C(=O)Nc4ccccc43)cc2F)CC1. The third kappa shape index (κ3) is 3.20. The molecule has 4 rings (SSSR count). The van der Waals surface area contributed by atoms with E-state index in [-0.39, 0.29) is 11.7 Å². The van der Waals surface area contributed by atoms with Gasteiger partial charge in [0.05, 0.1) is 11.4 Å². The molecule has 1 amide bonds. The van der Waals surface area contributed by atoms with Gasteiger partial charge < -0.3 is 15.1 Å². The minimum atomic E-state index is -0.438. The lowest BCUT2D eigenvalue weighted by molar-refractivity contribution is -0.115. The van der Waals surface area contributed by atoms with Crippen molar-refractivity contribution in [2.45, 2.75) is 5.92 Å². The van der Waals surface area contributed by atoms with E-state index in [1.54, 1.807) is 18.3 Å². The quantitative estimate of drug-likeness (QED) is 0.864. The third-order valence-corrected chi connectivity index (χ3v) is 4.98. The van der Waals surface area contributed by atoms with Crippen LogP contribution in [0.1, 0.15) is 11.5 Å². The van der Waals surface area contributed by atoms with Crippen molar-refractivity contribution in [3.05, 3.63) is 53.8 Å². The smallest absolute Gasteiger partial charge is 0.237 e. The van der Waals surface area contributed by atoms with Gasteiger partial charge in [-0.1, -0.05) is 18.2 Å². The lowest BCUT2D eigenvalue weighted by atomic mass is 10.0. The van der Waals surface area contributed by atoms with Crippen LogP contribution in [0.25, 0.3) is 0 Å². The van der Waals surface area contributed by atoms with Gasteiger partial charge >= 0.3 is 0 Å². The molecule has 2 aliphatic rings. The standard InChI is InChI=1S/C20H21FN4O/c1-24-8-10-25(11-9-24)19-7-6-14(12-17(19)21)22-13-16-15-4-2-3-5-18(15)23-20(16)26/h2-7,12-13,16H,8-11H2,1H3,(H,23,26). The van der Waals surface area contributed by atoms with Crippen molar-refractivity contribution in [1.82, 2.24) is 4.90 Å². The highest BCUT2D eigenvalue weighted by Gasteiger charge is 2.28. The highest BCUT2D eigenvalue weighted by atomic mass is 19.1. The topological polar surface area (TPSA) is 47.9 Å². The van der Waals surface area contributed by atoms with Gasteiger partial charge in [-0.3, -0.25) is 9.79 Å². The summed E-state index contributed by atoms with van der Waals surface area (Å²) in [6.45, 7) is 3.48. The second-order valence-corrected chi connectivity index (χ2v) is 6.76. The zero-order chi connectivity index (χ0) is 18.1. The molecule has 0 saturated carbocycles. The van der Waals surface area contributed by atoms with E-state index in [2.05, 4.69) is 27.2 Å². The molecule has 134 valence electrons. The van der Waals surface area contributed by atoms with Crippen molar-refractivity contribution < 1.29 is 9.18 Å². The zero-order valence-electron chi connectivity index (χ0n) is 14.7. The van der Waals surface area contributed by atoms with Crippen LogP contribution in [-0.2, 0) is 4.79 Å². The van der Waals surface area contributed by atoms with Crippen LogP contribution in [0, 0.1) is 5.82 Å². The second-order valence-electron chi connectivity index (χ2n) is 6.76. The molecule has 2 aromatic carbocycles. The molecule has 0 bridgehead atoms. The number of hydrogen-bond donors (Lipinski definition) is 1. The van der Waals surface area contributed by atoms with Crippen molar-refractivity contribution in [3.8, 4) is 0 Å². The first-order valence-corrected chi connectivity index (χ1v) is 8.79. The van der Waals surface area contributed by atoms with E-state index in [1.807, 2.05) is 24.3 Å². The molecule has 0 aromatic heterocycles. The lowest BCUT2D eigenvalue weighted by Gasteiger charge is -2.34. The van der Waals surface area contributed by atoms with Crippen molar-refractivity contribution in [2.75, 3.05) is 43.4 Å². The van der Waals surface area contributed by atoms with Gasteiger partial charge in [-0.2, -0.15) is 0 Å². The Kier molecular flexibility index (Phi) is 4.42. The first-order valence-electron chi connectivity index (χ1n) is 8.79. The summed E-state index contributed by atoms with van der Waals surface area (Å²) in [5, 5.41) is 2.84. The Labute approximate surface area is 152 Å². The summed E-state index contributed by atoms with van der Waals surface area (Å²) in [5.74, 6) is -0.823. The largest absolute Gasteiger partial charge is 0.367 e. The average molecular weight is 352 g/mol. The molecule has 26 heavy (non-hydrogen) atoms. The molecule has 0 radical (unpaired) electrons. The molecule has 1 atom stereocenters. The van der Waals surface area contributed by atoms with E-state index in [1.165, 1.54) is 6.07 Å². The number of fused-ring (bicyclic) bond motifs is 1. The van der Waals surface area contributed by atoms with E-state index in [0.29, 0.717) is 11.4 Å². The van der Waals surface area contributed by atoms with Crippen LogP contribution < -0.4 is 10.2 Å². The molecule has 2 heterocycles. The zero-order valence-corrected chi connectivity index (χ0v) is 14.7. The normalized spacial score (nSPS) is 20.5. The number of halogens is 1. The number of anilines is 2. The van der Waals surface area contributed by atoms with Crippen molar-refractivity contribution in [3.63, 3.8) is 0 Å². The number of amides is 1. The van der Waals surface area contributed by atoms with Gasteiger partial charge in [0, 0.05) is 44.1 Å². The van der Waals surface area contributed by atoms with Crippen molar-refractivity contribution in [2.24, 2.45) is 4.99 Å². The Morgan fingerprint density at radius 1 is 1.15 bits per heavy atom. The fourth-order valence-electron chi connectivity index (χ4n) is 3.42. The van der Waals surface area contributed by atoms with Gasteiger partial charge in [0.2, 0.25) is 5.91 Å². The fourth-order valence-corrected chi connectivity index (χ4v) is 3.42. The number of likely N-dealkylation sites (N-methyl/N-ethyl adjacent to an activating group) is 1. The predicted octanol–water partition coefficient (Wildman–Crippen LogP) is 3.02. The van der Waals surface area contributed by atoms with Gasteiger partial charge in [0.1, 0.15) is 11.7 Å². The molecular weight excluding hydrogens is 331 g/mol.